The predicted molar refractivity (Wildman–Crippen MR) is 105 cm³/mol. The van der Waals surface area contributed by atoms with Crippen LogP contribution in [0.2, 0.25) is 0 Å². The zero-order valence-electron chi connectivity index (χ0n) is 13.7. The van der Waals surface area contributed by atoms with E-state index in [0.29, 0.717) is 6.54 Å². The first kappa shape index (κ1) is 16.1. The number of hydroxylamine groups is 2. The average Bonchev–Trinajstić information content (AvgIpc) is 3.00. The third-order valence-corrected chi connectivity index (χ3v) is 5.08. The van der Waals surface area contributed by atoms with Gasteiger partial charge in [0, 0.05) is 5.56 Å². The highest BCUT2D eigenvalue weighted by Crippen LogP contribution is 2.45. The highest BCUT2D eigenvalue weighted by molar-refractivity contribution is 9.11. The Morgan fingerprint density at radius 3 is 1.96 bits per heavy atom. The highest BCUT2D eigenvalue weighted by Gasteiger charge is 2.35. The Morgan fingerprint density at radius 2 is 1.32 bits per heavy atom. The molecule has 1 atom stereocenters. The van der Waals surface area contributed by atoms with E-state index in [1.54, 1.807) is 0 Å². The fraction of sp³-hybridized carbons (Fsp3) is 0.0909. The molecule has 0 saturated carbocycles. The van der Waals surface area contributed by atoms with Crippen molar-refractivity contribution in [2.75, 3.05) is 0 Å². The van der Waals surface area contributed by atoms with Crippen molar-refractivity contribution < 1.29 is 4.84 Å². The maximum atomic E-state index is 6.30. The molecular weight excluding hydrogens is 374 g/mol. The van der Waals surface area contributed by atoms with Gasteiger partial charge in [-0.25, -0.2) is 0 Å². The van der Waals surface area contributed by atoms with Gasteiger partial charge in [-0.1, -0.05) is 91.0 Å². The number of rotatable bonds is 4. The van der Waals surface area contributed by atoms with Crippen LogP contribution < -0.4 is 0 Å². The molecule has 0 N–H and O–H groups in total. The molecule has 3 aromatic rings. The number of benzene rings is 3. The smallest absolute Gasteiger partial charge is 0.166 e. The van der Waals surface area contributed by atoms with Gasteiger partial charge in [-0.3, -0.25) is 0 Å². The monoisotopic (exact) mass is 391 g/mol. The fourth-order valence-electron chi connectivity index (χ4n) is 3.08. The first-order valence-corrected chi connectivity index (χ1v) is 9.11. The predicted octanol–water partition coefficient (Wildman–Crippen LogP) is 5.94. The molecule has 1 aliphatic rings. The molecule has 0 aliphatic carbocycles. The lowest BCUT2D eigenvalue weighted by Crippen LogP contribution is -2.23. The minimum absolute atomic E-state index is 0.0385. The molecule has 1 unspecified atom stereocenters. The summed E-state index contributed by atoms with van der Waals surface area (Å²) in [6.45, 7) is 0.714. The second kappa shape index (κ2) is 7.26. The van der Waals surface area contributed by atoms with Gasteiger partial charge in [-0.15, -0.1) is 5.06 Å². The summed E-state index contributed by atoms with van der Waals surface area (Å²) in [7, 11) is 0. The summed E-state index contributed by atoms with van der Waals surface area (Å²) in [5.41, 5.74) is 3.50. The summed E-state index contributed by atoms with van der Waals surface area (Å²) in [6, 6.07) is 31.1. The highest BCUT2D eigenvalue weighted by atomic mass is 79.9. The third-order valence-electron chi connectivity index (χ3n) is 4.29. The molecular formula is C22H18BrNO. The molecule has 25 heavy (non-hydrogen) atoms. The normalized spacial score (nSPS) is 17.6. The van der Waals surface area contributed by atoms with Crippen molar-refractivity contribution in [2.45, 2.75) is 12.6 Å². The zero-order chi connectivity index (χ0) is 17.1. The van der Waals surface area contributed by atoms with E-state index in [9.17, 15) is 0 Å². The lowest BCUT2D eigenvalue weighted by Gasteiger charge is -2.24. The van der Waals surface area contributed by atoms with E-state index < -0.39 is 0 Å². The van der Waals surface area contributed by atoms with Gasteiger partial charge < -0.3 is 4.84 Å². The van der Waals surface area contributed by atoms with Gasteiger partial charge in [0.15, 0.2) is 5.76 Å². The molecule has 0 bridgehead atoms. The summed E-state index contributed by atoms with van der Waals surface area (Å²) < 4.78 is 1.06. The van der Waals surface area contributed by atoms with Crippen LogP contribution in [-0.4, -0.2) is 5.06 Å². The van der Waals surface area contributed by atoms with Gasteiger partial charge >= 0.3 is 0 Å². The first-order valence-electron chi connectivity index (χ1n) is 8.31. The van der Waals surface area contributed by atoms with Gasteiger partial charge in [0.2, 0.25) is 0 Å². The van der Waals surface area contributed by atoms with Gasteiger partial charge in [-0.2, -0.15) is 0 Å². The average molecular weight is 392 g/mol. The van der Waals surface area contributed by atoms with Gasteiger partial charge in [0.05, 0.1) is 11.0 Å². The Balaban J connectivity index is 1.72. The quantitative estimate of drug-likeness (QED) is 0.545. The lowest BCUT2D eigenvalue weighted by atomic mass is 10.0. The van der Waals surface area contributed by atoms with E-state index in [-0.39, 0.29) is 6.04 Å². The van der Waals surface area contributed by atoms with Crippen LogP contribution in [-0.2, 0) is 11.4 Å². The van der Waals surface area contributed by atoms with Crippen molar-refractivity contribution in [2.24, 2.45) is 0 Å². The topological polar surface area (TPSA) is 12.5 Å². The van der Waals surface area contributed by atoms with Crippen molar-refractivity contribution in [1.29, 1.82) is 0 Å². The fourth-order valence-corrected chi connectivity index (χ4v) is 3.87. The molecule has 0 saturated heterocycles. The van der Waals surface area contributed by atoms with Gasteiger partial charge in [0.25, 0.3) is 0 Å². The van der Waals surface area contributed by atoms with Crippen LogP contribution in [0.5, 0.6) is 0 Å². The molecule has 3 aromatic carbocycles. The lowest BCUT2D eigenvalue weighted by molar-refractivity contribution is -0.101. The van der Waals surface area contributed by atoms with Crippen LogP contribution in [0.1, 0.15) is 22.7 Å². The largest absolute Gasteiger partial charge is 0.403 e. The second-order valence-corrected chi connectivity index (χ2v) is 6.86. The van der Waals surface area contributed by atoms with E-state index in [1.165, 1.54) is 11.1 Å². The Kier molecular flexibility index (Phi) is 4.68. The van der Waals surface area contributed by atoms with Crippen LogP contribution in [0, 0.1) is 0 Å². The number of hydrogen-bond acceptors (Lipinski definition) is 2. The van der Waals surface area contributed by atoms with Crippen molar-refractivity contribution in [1.82, 2.24) is 5.06 Å². The van der Waals surface area contributed by atoms with Gasteiger partial charge in [-0.05, 0) is 27.1 Å². The molecule has 3 heteroatoms. The molecule has 0 aromatic heterocycles. The Hall–Kier alpha value is -2.36. The van der Waals surface area contributed by atoms with Crippen LogP contribution in [0.4, 0.5) is 0 Å². The number of hydrogen-bond donors (Lipinski definition) is 0. The molecule has 2 nitrogen and oxygen atoms in total. The van der Waals surface area contributed by atoms with Crippen molar-refractivity contribution in [3.05, 3.63) is 112 Å². The molecule has 1 heterocycles. The van der Waals surface area contributed by atoms with Crippen LogP contribution in [0.25, 0.3) is 5.76 Å². The standard InChI is InChI=1S/C22H18BrNO/c23-20-21(18-12-6-2-7-13-18)24(16-17-10-4-1-5-11-17)25-22(20)19-14-8-3-9-15-19/h1-15,21H,16H2. The second-order valence-electron chi connectivity index (χ2n) is 6.01. The molecule has 0 amide bonds. The molecule has 1 aliphatic heterocycles. The summed E-state index contributed by atoms with van der Waals surface area (Å²) in [6.07, 6.45) is 0. The molecule has 0 spiro atoms. The van der Waals surface area contributed by atoms with Crippen LogP contribution in [0.3, 0.4) is 0 Å². The minimum Gasteiger partial charge on any atom is -0.403 e. The summed E-state index contributed by atoms with van der Waals surface area (Å²) in [5.74, 6) is 0.880. The van der Waals surface area contributed by atoms with Crippen molar-refractivity contribution in [3.63, 3.8) is 0 Å². The zero-order valence-corrected chi connectivity index (χ0v) is 15.3. The van der Waals surface area contributed by atoms with E-state index in [0.717, 1.165) is 15.8 Å². The summed E-state index contributed by atoms with van der Waals surface area (Å²) >= 11 is 3.81. The number of halogens is 1. The number of nitrogens with zero attached hydrogens (tertiary/aromatic N) is 1. The Morgan fingerprint density at radius 1 is 0.760 bits per heavy atom. The maximum absolute atomic E-state index is 6.30. The maximum Gasteiger partial charge on any atom is 0.166 e. The van der Waals surface area contributed by atoms with Gasteiger partial charge in [0.1, 0.15) is 6.04 Å². The van der Waals surface area contributed by atoms with Crippen LogP contribution in [0.15, 0.2) is 95.5 Å². The molecule has 0 fully saturated rings. The van der Waals surface area contributed by atoms with Crippen molar-refractivity contribution in [3.8, 4) is 0 Å². The Labute approximate surface area is 156 Å². The summed E-state index contributed by atoms with van der Waals surface area (Å²) in [4.78, 5) is 6.30. The van der Waals surface area contributed by atoms with Crippen molar-refractivity contribution >= 4 is 21.7 Å². The molecule has 124 valence electrons. The third kappa shape index (κ3) is 3.39. The minimum atomic E-state index is 0.0385. The Bertz CT molecular complexity index is 862. The molecule has 0 radical (unpaired) electrons. The van der Waals surface area contributed by atoms with E-state index in [2.05, 4.69) is 76.6 Å². The van der Waals surface area contributed by atoms with E-state index >= 15 is 0 Å². The first-order chi connectivity index (χ1) is 12.3. The van der Waals surface area contributed by atoms with E-state index in [1.807, 2.05) is 35.4 Å². The van der Waals surface area contributed by atoms with Crippen LogP contribution >= 0.6 is 15.9 Å². The summed E-state index contributed by atoms with van der Waals surface area (Å²) in [5, 5.41) is 2.04. The molecule has 4 rings (SSSR count). The van der Waals surface area contributed by atoms with E-state index in [4.69, 9.17) is 4.84 Å². The SMILES string of the molecule is BrC1=C(c2ccccc2)ON(Cc2ccccc2)C1c1ccccc1.